The molecule has 2 saturated heterocycles. The molecule has 126 valence electrons. The summed E-state index contributed by atoms with van der Waals surface area (Å²) < 4.78 is 6.05. The first-order valence-corrected chi connectivity index (χ1v) is 9.65. The number of amides is 1. The number of hydrogen-bond donors (Lipinski definition) is 0. The predicted molar refractivity (Wildman–Crippen MR) is 89.8 cm³/mol. The molecular formula is C17H25N3O2S. The van der Waals surface area contributed by atoms with E-state index in [9.17, 15) is 4.79 Å². The molecule has 6 heteroatoms. The van der Waals surface area contributed by atoms with Crippen LogP contribution in [0.5, 0.6) is 0 Å². The van der Waals surface area contributed by atoms with Crippen LogP contribution in [0.15, 0.2) is 5.51 Å². The zero-order valence-corrected chi connectivity index (χ0v) is 14.6. The number of thiazole rings is 1. The van der Waals surface area contributed by atoms with Gasteiger partial charge in [0, 0.05) is 32.2 Å². The number of aromatic nitrogens is 1. The smallest absolute Gasteiger partial charge is 0.265 e. The van der Waals surface area contributed by atoms with Crippen LogP contribution in [-0.2, 0) is 4.74 Å². The lowest BCUT2D eigenvalue weighted by Crippen LogP contribution is -2.51. The highest BCUT2D eigenvalue weighted by molar-refractivity contribution is 7.11. The summed E-state index contributed by atoms with van der Waals surface area (Å²) in [6, 6.07) is 0.490. The van der Waals surface area contributed by atoms with Crippen LogP contribution < -0.4 is 0 Å². The van der Waals surface area contributed by atoms with E-state index in [0.717, 1.165) is 55.6 Å². The average Bonchev–Trinajstić information content (AvgIpc) is 3.30. The van der Waals surface area contributed by atoms with Crippen molar-refractivity contribution in [1.29, 1.82) is 0 Å². The van der Waals surface area contributed by atoms with Crippen LogP contribution in [0, 0.1) is 12.8 Å². The standard InChI is InChI=1S/C17H25N3O2S/c1-12-16(23-11-18-12)17(21)19-6-4-14-15(5-7-19)22-9-8-20(14)10-13-2-3-13/h11,13-15H,2-10H2,1H3. The topological polar surface area (TPSA) is 45.7 Å². The summed E-state index contributed by atoms with van der Waals surface area (Å²) >= 11 is 1.46. The van der Waals surface area contributed by atoms with Crippen LogP contribution in [-0.4, -0.2) is 65.6 Å². The molecule has 1 aromatic heterocycles. The number of hydrogen-bond acceptors (Lipinski definition) is 5. The summed E-state index contributed by atoms with van der Waals surface area (Å²) in [4.78, 5) is 22.4. The van der Waals surface area contributed by atoms with Crippen molar-refractivity contribution in [3.05, 3.63) is 16.1 Å². The number of likely N-dealkylation sites (tertiary alicyclic amines) is 1. The first-order valence-electron chi connectivity index (χ1n) is 8.77. The highest BCUT2D eigenvalue weighted by Crippen LogP contribution is 2.33. The molecule has 0 bridgehead atoms. The van der Waals surface area contributed by atoms with Gasteiger partial charge in [-0.3, -0.25) is 9.69 Å². The maximum absolute atomic E-state index is 12.8. The van der Waals surface area contributed by atoms with Gasteiger partial charge >= 0.3 is 0 Å². The Labute approximate surface area is 141 Å². The second-order valence-corrected chi connectivity index (χ2v) is 7.91. The fourth-order valence-electron chi connectivity index (χ4n) is 3.87. The van der Waals surface area contributed by atoms with Gasteiger partial charge in [0.1, 0.15) is 4.88 Å². The number of nitrogens with zero attached hydrogens (tertiary/aromatic N) is 3. The maximum atomic E-state index is 12.8. The number of ether oxygens (including phenoxy) is 1. The van der Waals surface area contributed by atoms with Gasteiger partial charge in [0.25, 0.3) is 5.91 Å². The van der Waals surface area contributed by atoms with Crippen molar-refractivity contribution >= 4 is 17.2 Å². The summed E-state index contributed by atoms with van der Waals surface area (Å²) in [7, 11) is 0. The minimum Gasteiger partial charge on any atom is -0.375 e. The van der Waals surface area contributed by atoms with Gasteiger partial charge in [-0.2, -0.15) is 0 Å². The van der Waals surface area contributed by atoms with E-state index < -0.39 is 0 Å². The van der Waals surface area contributed by atoms with Gasteiger partial charge in [-0.15, -0.1) is 11.3 Å². The summed E-state index contributed by atoms with van der Waals surface area (Å²) in [6.45, 7) is 6.68. The Morgan fingerprint density at radius 2 is 2.13 bits per heavy atom. The Balaban J connectivity index is 1.44. The first kappa shape index (κ1) is 15.5. The van der Waals surface area contributed by atoms with E-state index >= 15 is 0 Å². The van der Waals surface area contributed by atoms with Crippen molar-refractivity contribution in [2.45, 2.75) is 44.8 Å². The highest BCUT2D eigenvalue weighted by Gasteiger charge is 2.38. The lowest BCUT2D eigenvalue weighted by Gasteiger charge is -2.40. The first-order chi connectivity index (χ1) is 11.2. The molecule has 5 nitrogen and oxygen atoms in total. The number of fused-ring (bicyclic) bond motifs is 1. The fraction of sp³-hybridized carbons (Fsp3) is 0.765. The Kier molecular flexibility index (Phi) is 4.39. The van der Waals surface area contributed by atoms with Crippen LogP contribution in [0.3, 0.4) is 0 Å². The quantitative estimate of drug-likeness (QED) is 0.849. The average molecular weight is 335 g/mol. The molecule has 1 amide bonds. The third-order valence-electron chi connectivity index (χ3n) is 5.40. The molecule has 2 atom stereocenters. The van der Waals surface area contributed by atoms with Gasteiger partial charge in [0.2, 0.25) is 0 Å². The monoisotopic (exact) mass is 335 g/mol. The van der Waals surface area contributed by atoms with Crippen molar-refractivity contribution in [2.24, 2.45) is 5.92 Å². The van der Waals surface area contributed by atoms with Crippen LogP contribution in [0.1, 0.15) is 41.0 Å². The molecule has 23 heavy (non-hydrogen) atoms. The minimum atomic E-state index is 0.150. The van der Waals surface area contributed by atoms with Crippen molar-refractivity contribution < 1.29 is 9.53 Å². The molecule has 3 fully saturated rings. The molecule has 3 aliphatic rings. The normalized spacial score (nSPS) is 29.2. The van der Waals surface area contributed by atoms with Crippen LogP contribution in [0.2, 0.25) is 0 Å². The van der Waals surface area contributed by atoms with Gasteiger partial charge in [-0.05, 0) is 38.5 Å². The number of carbonyl (C=O) groups is 1. The van der Waals surface area contributed by atoms with E-state index in [2.05, 4.69) is 9.88 Å². The molecule has 0 spiro atoms. The van der Waals surface area contributed by atoms with Crippen LogP contribution in [0.4, 0.5) is 0 Å². The largest absolute Gasteiger partial charge is 0.375 e. The maximum Gasteiger partial charge on any atom is 0.265 e. The molecule has 1 saturated carbocycles. The second kappa shape index (κ2) is 6.49. The van der Waals surface area contributed by atoms with Crippen molar-refractivity contribution in [3.8, 4) is 0 Å². The number of rotatable bonds is 3. The van der Waals surface area contributed by atoms with E-state index in [1.54, 1.807) is 5.51 Å². The minimum absolute atomic E-state index is 0.150. The van der Waals surface area contributed by atoms with E-state index in [4.69, 9.17) is 4.74 Å². The van der Waals surface area contributed by atoms with Gasteiger partial charge in [-0.25, -0.2) is 4.98 Å². The van der Waals surface area contributed by atoms with Gasteiger partial charge < -0.3 is 9.64 Å². The molecule has 0 N–H and O–H groups in total. The molecule has 1 aliphatic carbocycles. The van der Waals surface area contributed by atoms with E-state index in [1.165, 1.54) is 30.7 Å². The van der Waals surface area contributed by atoms with Crippen molar-refractivity contribution in [1.82, 2.24) is 14.8 Å². The fourth-order valence-corrected chi connectivity index (χ4v) is 4.64. The molecule has 2 aliphatic heterocycles. The third kappa shape index (κ3) is 3.30. The molecule has 4 rings (SSSR count). The van der Waals surface area contributed by atoms with Crippen LogP contribution >= 0.6 is 11.3 Å². The number of aryl methyl sites for hydroxylation is 1. The molecule has 1 aromatic rings. The lowest BCUT2D eigenvalue weighted by molar-refractivity contribution is -0.0727. The Bertz CT molecular complexity index is 572. The molecule has 0 aromatic carbocycles. The molecule has 3 heterocycles. The summed E-state index contributed by atoms with van der Waals surface area (Å²) in [5, 5.41) is 0. The number of morpholine rings is 1. The van der Waals surface area contributed by atoms with E-state index in [1.807, 2.05) is 11.8 Å². The zero-order valence-electron chi connectivity index (χ0n) is 13.7. The summed E-state index contributed by atoms with van der Waals surface area (Å²) in [5.74, 6) is 1.06. The van der Waals surface area contributed by atoms with E-state index in [0.29, 0.717) is 12.1 Å². The van der Waals surface area contributed by atoms with Gasteiger partial charge in [0.05, 0.1) is 23.9 Å². The SMILES string of the molecule is Cc1ncsc1C(=O)N1CCC2OCCN(CC3CC3)C2CC1. The summed E-state index contributed by atoms with van der Waals surface area (Å²) in [6.07, 6.45) is 5.06. The van der Waals surface area contributed by atoms with Crippen molar-refractivity contribution in [2.75, 3.05) is 32.8 Å². The Hall–Kier alpha value is -0.980. The van der Waals surface area contributed by atoms with Crippen LogP contribution in [0.25, 0.3) is 0 Å². The Morgan fingerprint density at radius 3 is 2.87 bits per heavy atom. The number of carbonyl (C=O) groups excluding carboxylic acids is 1. The second-order valence-electron chi connectivity index (χ2n) is 7.05. The lowest BCUT2D eigenvalue weighted by atomic mass is 10.0. The van der Waals surface area contributed by atoms with Gasteiger partial charge in [0.15, 0.2) is 0 Å². The summed E-state index contributed by atoms with van der Waals surface area (Å²) in [5.41, 5.74) is 2.62. The molecule has 2 unspecified atom stereocenters. The molecule has 0 radical (unpaired) electrons. The zero-order chi connectivity index (χ0) is 15.8. The van der Waals surface area contributed by atoms with E-state index in [-0.39, 0.29) is 5.91 Å². The predicted octanol–water partition coefficient (Wildman–Crippen LogP) is 2.17. The highest BCUT2D eigenvalue weighted by atomic mass is 32.1. The van der Waals surface area contributed by atoms with Gasteiger partial charge in [-0.1, -0.05) is 0 Å². The Morgan fingerprint density at radius 1 is 1.30 bits per heavy atom. The third-order valence-corrected chi connectivity index (χ3v) is 6.32. The molecular weight excluding hydrogens is 310 g/mol. The van der Waals surface area contributed by atoms with Crippen molar-refractivity contribution in [3.63, 3.8) is 0 Å².